The molecule has 0 spiro atoms. The van der Waals surface area contributed by atoms with Gasteiger partial charge in [0.1, 0.15) is 24.0 Å². The molecule has 20 nitrogen and oxygen atoms in total. The van der Waals surface area contributed by atoms with Crippen LogP contribution in [0.25, 0.3) is 0 Å². The van der Waals surface area contributed by atoms with Crippen molar-refractivity contribution in [2.45, 2.75) is 50.7 Å². The van der Waals surface area contributed by atoms with Gasteiger partial charge in [0.25, 0.3) is 5.91 Å². The van der Waals surface area contributed by atoms with E-state index < -0.39 is 19.1 Å². The van der Waals surface area contributed by atoms with Gasteiger partial charge in [-0.2, -0.15) is 4.98 Å². The van der Waals surface area contributed by atoms with E-state index in [1.54, 1.807) is 32.6 Å². The predicted octanol–water partition coefficient (Wildman–Crippen LogP) is 5.31. The van der Waals surface area contributed by atoms with E-state index in [0.29, 0.717) is 130 Å². The van der Waals surface area contributed by atoms with E-state index in [2.05, 4.69) is 41.5 Å². The highest BCUT2D eigenvalue weighted by atomic mass is 35.5. The van der Waals surface area contributed by atoms with Crippen LogP contribution in [0.15, 0.2) is 66.9 Å². The number of aromatic nitrogens is 2. The summed E-state index contributed by atoms with van der Waals surface area (Å²) < 4.78 is 46.7. The van der Waals surface area contributed by atoms with Gasteiger partial charge in [-0.25, -0.2) is 4.98 Å². The van der Waals surface area contributed by atoms with Crippen LogP contribution in [0.3, 0.4) is 0 Å². The lowest BCUT2D eigenvalue weighted by molar-refractivity contribution is -0.137. The molecule has 0 radical (unpaired) electrons. The first kappa shape index (κ1) is 53.9. The summed E-state index contributed by atoms with van der Waals surface area (Å²) in [4.78, 5) is 62.4. The Balaban J connectivity index is 0.674. The van der Waals surface area contributed by atoms with Crippen LogP contribution in [-0.2, 0) is 49.2 Å². The number of halogens is 1. The minimum Gasteiger partial charge on any atom is -0.494 e. The number of carbonyl (C=O) groups is 4. The SMILES string of the molecule is COc1cc(N2CCC(NC(=O)CCOCCOCCOCCOCCOCCNc3cccc4c3CN(C3CCC(=O)NC3=O)C4=O)CC2)ccc1Nc1ncc(Cl)c(Nc2ccccc2P(C)(C)=O)n1. The number of imide groups is 1. The van der Waals surface area contributed by atoms with E-state index in [0.717, 1.165) is 42.9 Å². The number of amides is 4. The van der Waals surface area contributed by atoms with Crippen LogP contribution < -0.4 is 41.5 Å². The molecule has 3 aliphatic rings. The number of methoxy groups -OCH3 is 1. The number of anilines is 6. The Kier molecular flexibility index (Phi) is 20.0. The zero-order chi connectivity index (χ0) is 50.9. The number of ether oxygens (including phenoxy) is 6. The van der Waals surface area contributed by atoms with Crippen molar-refractivity contribution >= 4 is 82.2 Å². The van der Waals surface area contributed by atoms with Crippen LogP contribution in [0.1, 0.15) is 48.0 Å². The fraction of sp³-hybridized carbons (Fsp3) is 0.480. The number of benzene rings is 3. The normalized spacial score (nSPS) is 16.1. The highest BCUT2D eigenvalue weighted by molar-refractivity contribution is 7.70. The van der Waals surface area contributed by atoms with Crippen molar-refractivity contribution in [2.24, 2.45) is 0 Å². The first-order chi connectivity index (χ1) is 34.9. The van der Waals surface area contributed by atoms with E-state index in [1.807, 2.05) is 48.5 Å². The number of fused-ring (bicyclic) bond motifs is 1. The molecule has 0 saturated carbocycles. The second kappa shape index (κ2) is 26.7. The van der Waals surface area contributed by atoms with Crippen molar-refractivity contribution in [3.63, 3.8) is 0 Å². The summed E-state index contributed by atoms with van der Waals surface area (Å²) in [7, 11) is -0.958. The van der Waals surface area contributed by atoms with Crippen LogP contribution in [0, 0.1) is 0 Å². The van der Waals surface area contributed by atoms with E-state index in [1.165, 1.54) is 11.1 Å². The van der Waals surface area contributed by atoms with E-state index in [4.69, 9.17) is 40.0 Å². The Morgan fingerprint density at radius 2 is 1.47 bits per heavy atom. The summed E-state index contributed by atoms with van der Waals surface area (Å²) in [6.45, 7) is 9.83. The highest BCUT2D eigenvalue weighted by Gasteiger charge is 2.40. The second-order valence-electron chi connectivity index (χ2n) is 17.7. The first-order valence-corrected chi connectivity index (χ1v) is 27.2. The maximum Gasteiger partial charge on any atom is 0.255 e. The Labute approximate surface area is 424 Å². The molecule has 2 saturated heterocycles. The van der Waals surface area contributed by atoms with Gasteiger partial charge >= 0.3 is 0 Å². The topological polar surface area (TPSA) is 233 Å². The van der Waals surface area contributed by atoms with Gasteiger partial charge in [-0.15, -0.1) is 0 Å². The van der Waals surface area contributed by atoms with Crippen LogP contribution in [-0.4, -0.2) is 157 Å². The third kappa shape index (κ3) is 15.3. The number of piperidine rings is 2. The van der Waals surface area contributed by atoms with Gasteiger partial charge in [0.05, 0.1) is 90.8 Å². The lowest BCUT2D eigenvalue weighted by Gasteiger charge is -2.34. The molecule has 3 aromatic carbocycles. The quantitative estimate of drug-likeness (QED) is 0.0276. The first-order valence-electron chi connectivity index (χ1n) is 24.2. The standard InChI is InChI=1S/C50H65ClN9O11P/c1-66-43-31-35(11-12-40(43)56-50-53-32-38(51)47(58-50)55-41-8-4-5-10-44(41)72(2,3)65)59-19-15-34(16-20-59)54-46(62)17-21-67-23-25-69-27-29-71-30-28-70-26-24-68-22-18-52-39-9-6-7-36-37(39)33-60(49(36)64)42-13-14-45(61)57-48(42)63/h4-12,31-32,34,42,52H,13-30,33H2,1-3H3,(H,54,62)(H,57,61,63)(H2,53,55,56,58). The maximum absolute atomic E-state index is 13.0. The summed E-state index contributed by atoms with van der Waals surface area (Å²) in [6, 6.07) is 18.2. The van der Waals surface area contributed by atoms with Crippen molar-refractivity contribution in [3.05, 3.63) is 83.0 Å². The molecule has 1 aromatic heterocycles. The molecule has 1 atom stereocenters. The number of carbonyl (C=O) groups excluding carboxylic acids is 4. The van der Waals surface area contributed by atoms with Gasteiger partial charge in [-0.3, -0.25) is 24.5 Å². The van der Waals surface area contributed by atoms with Gasteiger partial charge in [0, 0.05) is 78.9 Å². The molecular formula is C50H65ClN9O11P. The fourth-order valence-electron chi connectivity index (χ4n) is 8.53. The highest BCUT2D eigenvalue weighted by Crippen LogP contribution is 2.39. The van der Waals surface area contributed by atoms with Crippen molar-refractivity contribution in [2.75, 3.05) is 127 Å². The van der Waals surface area contributed by atoms with Gasteiger partial charge < -0.3 is 64.1 Å². The van der Waals surface area contributed by atoms with Crippen LogP contribution in [0.5, 0.6) is 5.75 Å². The van der Waals surface area contributed by atoms with Gasteiger partial charge in [-0.05, 0) is 69.0 Å². The lowest BCUT2D eigenvalue weighted by Crippen LogP contribution is -2.52. The Morgan fingerprint density at radius 1 is 0.806 bits per heavy atom. The van der Waals surface area contributed by atoms with Crippen LogP contribution >= 0.6 is 18.7 Å². The zero-order valence-corrected chi connectivity index (χ0v) is 42.7. The average Bonchev–Trinajstić information content (AvgIpc) is 3.70. The van der Waals surface area contributed by atoms with Gasteiger partial charge in [0.2, 0.25) is 23.7 Å². The molecule has 388 valence electrons. The number of para-hydroxylation sites is 1. The molecule has 72 heavy (non-hydrogen) atoms. The summed E-state index contributed by atoms with van der Waals surface area (Å²) in [6.07, 6.45) is 3.91. The lowest BCUT2D eigenvalue weighted by atomic mass is 10.0. The van der Waals surface area contributed by atoms with E-state index in [-0.39, 0.29) is 36.6 Å². The number of nitrogens with one attached hydrogen (secondary N) is 5. The second-order valence-corrected chi connectivity index (χ2v) is 21.3. The molecule has 4 amide bonds. The Hall–Kier alpha value is -5.86. The molecule has 22 heteroatoms. The fourth-order valence-corrected chi connectivity index (χ4v) is 9.82. The molecule has 3 aliphatic heterocycles. The summed E-state index contributed by atoms with van der Waals surface area (Å²) >= 11 is 6.46. The van der Waals surface area contributed by atoms with Crippen molar-refractivity contribution < 1.29 is 52.2 Å². The molecule has 1 unspecified atom stereocenters. The Bertz CT molecular complexity index is 2540. The van der Waals surface area contributed by atoms with E-state index in [9.17, 15) is 23.7 Å². The molecule has 4 heterocycles. The van der Waals surface area contributed by atoms with Crippen molar-refractivity contribution in [3.8, 4) is 5.75 Å². The monoisotopic (exact) mass is 1030 g/mol. The molecule has 7 rings (SSSR count). The minimum atomic E-state index is -2.56. The third-order valence-corrected chi connectivity index (χ3v) is 14.1. The van der Waals surface area contributed by atoms with Gasteiger partial charge in [-0.1, -0.05) is 29.8 Å². The summed E-state index contributed by atoms with van der Waals surface area (Å²) in [5.74, 6) is 0.305. The zero-order valence-electron chi connectivity index (χ0n) is 41.0. The maximum atomic E-state index is 13.0. The van der Waals surface area contributed by atoms with Crippen LogP contribution in [0.4, 0.5) is 34.5 Å². The largest absolute Gasteiger partial charge is 0.494 e. The van der Waals surface area contributed by atoms with Gasteiger partial charge in [0.15, 0.2) is 5.82 Å². The summed E-state index contributed by atoms with van der Waals surface area (Å²) in [5, 5.41) is 16.3. The number of nitrogens with zero attached hydrogens (tertiary/aromatic N) is 4. The number of hydrogen-bond donors (Lipinski definition) is 5. The molecule has 5 N–H and O–H groups in total. The average molecular weight is 1030 g/mol. The number of rotatable bonds is 28. The molecule has 0 bridgehead atoms. The van der Waals surface area contributed by atoms with Crippen molar-refractivity contribution in [1.29, 1.82) is 0 Å². The molecule has 0 aliphatic carbocycles. The molecular weight excluding hydrogens is 969 g/mol. The van der Waals surface area contributed by atoms with Crippen LogP contribution in [0.2, 0.25) is 5.02 Å². The van der Waals surface area contributed by atoms with Crippen molar-refractivity contribution in [1.82, 2.24) is 25.5 Å². The molecule has 4 aromatic rings. The minimum absolute atomic E-state index is 0.0401. The Morgan fingerprint density at radius 3 is 2.15 bits per heavy atom. The van der Waals surface area contributed by atoms with E-state index >= 15 is 0 Å². The third-order valence-electron chi connectivity index (χ3n) is 12.2. The summed E-state index contributed by atoms with van der Waals surface area (Å²) in [5.41, 5.74) is 4.54. The molecule has 2 fully saturated rings. The predicted molar refractivity (Wildman–Crippen MR) is 275 cm³/mol. The smallest absolute Gasteiger partial charge is 0.255 e. The number of hydrogen-bond acceptors (Lipinski definition) is 17.